The molecule has 0 N–H and O–H groups in total. The third-order valence-corrected chi connectivity index (χ3v) is 11.5. The van der Waals surface area contributed by atoms with Crippen LogP contribution in [0.2, 0.25) is 0 Å². The zero-order valence-corrected chi connectivity index (χ0v) is 29.8. The van der Waals surface area contributed by atoms with Gasteiger partial charge in [-0.15, -0.1) is 0 Å². The predicted molar refractivity (Wildman–Crippen MR) is 226 cm³/mol. The quantitative estimate of drug-likeness (QED) is 0.178. The second-order valence-electron chi connectivity index (χ2n) is 14.9. The molecule has 11 rings (SSSR count). The van der Waals surface area contributed by atoms with Crippen LogP contribution in [0, 0.1) is 0 Å². The topological polar surface area (TPSA) is 9.23 Å². The van der Waals surface area contributed by atoms with Gasteiger partial charge in [0.15, 0.2) is 0 Å². The SMILES string of the molecule is [2H]c1c([2H])c([2H])c(-c2cc(-c3ccc4c(c3)-c3cccc5c(-c6ccccc6)ccc(c35)O4)cc(-c3ccc4cc5c(cc4c3)C(C)(C)c3ccccc3-5)c2)c([2H])c1[2H]. The van der Waals surface area contributed by atoms with Crippen LogP contribution in [-0.4, -0.2) is 0 Å². The van der Waals surface area contributed by atoms with Gasteiger partial charge in [0.1, 0.15) is 11.5 Å². The highest BCUT2D eigenvalue weighted by Gasteiger charge is 2.35. The standard InChI is InChI=1S/C53H36O/c1-53(2)48-19-10-9-16-43(48)46-30-36-21-20-35(26-41(36)32-49(46)53)39-27-38(33-12-5-3-6-13-33)28-40(29-39)37-22-24-50-47(31-37)45-18-11-17-44-42(34-14-7-4-8-15-34)23-25-51(54-50)52(44)45/h3-32H,1-2H3/i3D,5D,6D,12D,13D. The Morgan fingerprint density at radius 2 is 1.11 bits per heavy atom. The minimum Gasteiger partial charge on any atom is -0.456 e. The first kappa shape index (κ1) is 26.1. The van der Waals surface area contributed by atoms with Crippen LogP contribution in [0.5, 0.6) is 11.5 Å². The van der Waals surface area contributed by atoms with Crippen molar-refractivity contribution in [2.45, 2.75) is 19.3 Å². The van der Waals surface area contributed by atoms with Gasteiger partial charge in [-0.25, -0.2) is 0 Å². The Hall–Kier alpha value is -6.70. The molecule has 0 fully saturated rings. The van der Waals surface area contributed by atoms with Gasteiger partial charge in [-0.2, -0.15) is 0 Å². The number of benzene rings is 9. The summed E-state index contributed by atoms with van der Waals surface area (Å²) in [6, 6.07) is 51.4. The molecule has 0 saturated carbocycles. The summed E-state index contributed by atoms with van der Waals surface area (Å²) in [6.45, 7) is 4.57. The van der Waals surface area contributed by atoms with Crippen molar-refractivity contribution in [3.05, 3.63) is 193 Å². The van der Waals surface area contributed by atoms with Crippen LogP contribution in [-0.2, 0) is 5.41 Å². The van der Waals surface area contributed by atoms with Crippen LogP contribution < -0.4 is 4.74 Å². The maximum Gasteiger partial charge on any atom is 0.135 e. The molecule has 1 aliphatic heterocycles. The van der Waals surface area contributed by atoms with Gasteiger partial charge in [0.25, 0.3) is 0 Å². The summed E-state index contributed by atoms with van der Waals surface area (Å²) in [5.41, 5.74) is 13.7. The van der Waals surface area contributed by atoms with Crippen LogP contribution in [0.1, 0.15) is 31.8 Å². The molecule has 0 unspecified atom stereocenters. The van der Waals surface area contributed by atoms with E-state index in [1.807, 2.05) is 30.3 Å². The molecule has 0 atom stereocenters. The second kappa shape index (κ2) is 11.7. The minimum absolute atomic E-state index is 0.145. The summed E-state index contributed by atoms with van der Waals surface area (Å²) >= 11 is 0. The van der Waals surface area contributed by atoms with Crippen LogP contribution in [0.15, 0.2) is 182 Å². The Bertz CT molecular complexity index is 3250. The van der Waals surface area contributed by atoms with Gasteiger partial charge in [-0.1, -0.05) is 141 Å². The summed E-state index contributed by atoms with van der Waals surface area (Å²) in [7, 11) is 0. The Labute approximate surface area is 322 Å². The molecule has 254 valence electrons. The van der Waals surface area contributed by atoms with Crippen molar-refractivity contribution in [1.82, 2.24) is 0 Å². The fourth-order valence-electron chi connectivity index (χ4n) is 8.81. The van der Waals surface area contributed by atoms with Gasteiger partial charge in [0.05, 0.1) is 6.85 Å². The van der Waals surface area contributed by atoms with Crippen LogP contribution in [0.4, 0.5) is 0 Å². The van der Waals surface area contributed by atoms with Crippen molar-refractivity contribution in [3.63, 3.8) is 0 Å². The highest BCUT2D eigenvalue weighted by atomic mass is 16.5. The molecule has 1 nitrogen and oxygen atoms in total. The molecule has 1 heteroatoms. The molecular formula is C53H36O. The Morgan fingerprint density at radius 3 is 1.94 bits per heavy atom. The van der Waals surface area contributed by atoms with Gasteiger partial charge in [0, 0.05) is 16.4 Å². The summed E-state index contributed by atoms with van der Waals surface area (Å²) in [4.78, 5) is 0. The molecule has 0 radical (unpaired) electrons. The number of hydrogen-bond donors (Lipinski definition) is 0. The smallest absolute Gasteiger partial charge is 0.135 e. The van der Waals surface area contributed by atoms with Gasteiger partial charge >= 0.3 is 0 Å². The lowest BCUT2D eigenvalue weighted by Gasteiger charge is -2.23. The summed E-state index contributed by atoms with van der Waals surface area (Å²) in [5.74, 6) is 1.57. The average molecular weight is 694 g/mol. The minimum atomic E-state index is -0.410. The van der Waals surface area contributed by atoms with Crippen molar-refractivity contribution in [2.24, 2.45) is 0 Å². The summed E-state index contributed by atoms with van der Waals surface area (Å²) in [5, 5.41) is 4.42. The van der Waals surface area contributed by atoms with Gasteiger partial charge in [0.2, 0.25) is 0 Å². The van der Waals surface area contributed by atoms with Crippen molar-refractivity contribution >= 4 is 21.5 Å². The van der Waals surface area contributed by atoms with Gasteiger partial charge in [-0.3, -0.25) is 0 Å². The molecule has 0 saturated heterocycles. The van der Waals surface area contributed by atoms with Crippen molar-refractivity contribution in [3.8, 4) is 78.3 Å². The average Bonchev–Trinajstić information content (AvgIpc) is 3.49. The number of hydrogen-bond acceptors (Lipinski definition) is 1. The van der Waals surface area contributed by atoms with E-state index in [-0.39, 0.29) is 35.1 Å². The summed E-state index contributed by atoms with van der Waals surface area (Å²) in [6.07, 6.45) is 0. The second-order valence-corrected chi connectivity index (χ2v) is 14.9. The highest BCUT2D eigenvalue weighted by molar-refractivity contribution is 6.10. The van der Waals surface area contributed by atoms with E-state index in [4.69, 9.17) is 11.6 Å². The first-order valence-electron chi connectivity index (χ1n) is 20.9. The maximum atomic E-state index is 8.94. The van der Waals surface area contributed by atoms with E-state index in [1.165, 1.54) is 22.3 Å². The maximum absolute atomic E-state index is 8.94. The Kier molecular flexibility index (Phi) is 5.64. The third kappa shape index (κ3) is 4.72. The van der Waals surface area contributed by atoms with Gasteiger partial charge < -0.3 is 4.74 Å². The highest BCUT2D eigenvalue weighted by Crippen LogP contribution is 2.51. The molecular weight excluding hydrogens is 653 g/mol. The van der Waals surface area contributed by atoms with Crippen molar-refractivity contribution in [1.29, 1.82) is 0 Å². The van der Waals surface area contributed by atoms with E-state index in [0.29, 0.717) is 5.56 Å². The molecule has 9 aromatic carbocycles. The molecule has 1 heterocycles. The predicted octanol–water partition coefficient (Wildman–Crippen LogP) is 14.7. The van der Waals surface area contributed by atoms with Crippen molar-refractivity contribution in [2.75, 3.05) is 0 Å². The lowest BCUT2D eigenvalue weighted by molar-refractivity contribution is 0.487. The van der Waals surface area contributed by atoms with Gasteiger partial charge in [-0.05, 0) is 143 Å². The van der Waals surface area contributed by atoms with E-state index in [0.717, 1.165) is 77.6 Å². The first-order valence-corrected chi connectivity index (χ1v) is 18.4. The fourth-order valence-corrected chi connectivity index (χ4v) is 8.81. The van der Waals surface area contributed by atoms with Crippen LogP contribution in [0.3, 0.4) is 0 Å². The zero-order chi connectivity index (χ0) is 40.3. The summed E-state index contributed by atoms with van der Waals surface area (Å²) < 4.78 is 49.8. The van der Waals surface area contributed by atoms with E-state index in [2.05, 4.69) is 135 Å². The monoisotopic (exact) mass is 693 g/mol. The molecule has 0 bridgehead atoms. The van der Waals surface area contributed by atoms with E-state index in [9.17, 15) is 0 Å². The van der Waals surface area contributed by atoms with Crippen LogP contribution in [0.25, 0.3) is 88.3 Å². The molecule has 9 aromatic rings. The number of ether oxygens (including phenoxy) is 1. The van der Waals surface area contributed by atoms with Crippen molar-refractivity contribution < 1.29 is 11.6 Å². The largest absolute Gasteiger partial charge is 0.456 e. The molecule has 1 aliphatic carbocycles. The fraction of sp³-hybridized carbons (Fsp3) is 0.0566. The number of fused-ring (bicyclic) bond motifs is 6. The first-order chi connectivity index (χ1) is 28.6. The number of rotatable bonds is 4. The molecule has 0 amide bonds. The zero-order valence-electron chi connectivity index (χ0n) is 34.8. The normalized spacial score (nSPS) is 14.6. The van der Waals surface area contributed by atoms with Crippen LogP contribution >= 0.6 is 0 Å². The molecule has 0 aromatic heterocycles. The third-order valence-electron chi connectivity index (χ3n) is 11.5. The Morgan fingerprint density at radius 1 is 0.407 bits per heavy atom. The molecule has 0 spiro atoms. The Balaban J connectivity index is 1.10. The molecule has 54 heavy (non-hydrogen) atoms. The van der Waals surface area contributed by atoms with E-state index in [1.54, 1.807) is 0 Å². The lowest BCUT2D eigenvalue weighted by Crippen LogP contribution is -2.14. The van der Waals surface area contributed by atoms with E-state index >= 15 is 0 Å². The van der Waals surface area contributed by atoms with E-state index < -0.39 is 6.04 Å². The molecule has 2 aliphatic rings. The lowest BCUT2D eigenvalue weighted by atomic mass is 9.82.